The fraction of sp³-hybridized carbons (Fsp3) is 0.667. The molecule has 0 amide bonds. The summed E-state index contributed by atoms with van der Waals surface area (Å²) in [6.07, 6.45) is 2.76. The maximum Gasteiger partial charge on any atom is 0.0367 e. The summed E-state index contributed by atoms with van der Waals surface area (Å²) in [5.41, 5.74) is 2.94. The van der Waals surface area contributed by atoms with Crippen LogP contribution >= 0.6 is 0 Å². The van der Waals surface area contributed by atoms with E-state index in [1.54, 1.807) is 0 Å². The lowest BCUT2D eigenvalue weighted by atomic mass is 10.1. The van der Waals surface area contributed by atoms with Gasteiger partial charge in [0.25, 0.3) is 0 Å². The van der Waals surface area contributed by atoms with Crippen molar-refractivity contribution in [3.8, 4) is 0 Å². The summed E-state index contributed by atoms with van der Waals surface area (Å²) in [5.74, 6) is 0. The topological polar surface area (TPSA) is 18.5 Å². The van der Waals surface area contributed by atoms with Crippen molar-refractivity contribution >= 4 is 5.69 Å². The molecular formula is C18H29N3. The van der Waals surface area contributed by atoms with E-state index in [2.05, 4.69) is 60.2 Å². The molecule has 3 heteroatoms. The average molecular weight is 287 g/mol. The van der Waals surface area contributed by atoms with E-state index in [9.17, 15) is 0 Å². The summed E-state index contributed by atoms with van der Waals surface area (Å²) >= 11 is 0. The Morgan fingerprint density at radius 3 is 2.57 bits per heavy atom. The number of nitrogens with zero attached hydrogens (tertiary/aromatic N) is 2. The van der Waals surface area contributed by atoms with Crippen LogP contribution in [0.4, 0.5) is 5.69 Å². The highest BCUT2D eigenvalue weighted by molar-refractivity contribution is 5.48. The number of benzene rings is 1. The van der Waals surface area contributed by atoms with Gasteiger partial charge in [-0.05, 0) is 57.9 Å². The first-order valence-corrected chi connectivity index (χ1v) is 8.34. The third-order valence-corrected chi connectivity index (χ3v) is 4.71. The molecule has 0 bridgehead atoms. The van der Waals surface area contributed by atoms with Crippen molar-refractivity contribution in [1.82, 2.24) is 10.2 Å². The van der Waals surface area contributed by atoms with Crippen molar-refractivity contribution in [2.75, 3.05) is 31.1 Å². The summed E-state index contributed by atoms with van der Waals surface area (Å²) in [5, 5.41) is 3.55. The number of piperazine rings is 1. The summed E-state index contributed by atoms with van der Waals surface area (Å²) in [7, 11) is 0. The van der Waals surface area contributed by atoms with Crippen LogP contribution in [0.5, 0.6) is 0 Å². The fourth-order valence-corrected chi connectivity index (χ4v) is 3.42. The zero-order valence-electron chi connectivity index (χ0n) is 13.7. The smallest absolute Gasteiger partial charge is 0.0367 e. The van der Waals surface area contributed by atoms with Crippen molar-refractivity contribution in [3.63, 3.8) is 0 Å². The zero-order valence-corrected chi connectivity index (χ0v) is 13.7. The summed E-state index contributed by atoms with van der Waals surface area (Å²) in [6, 6.07) is 9.93. The minimum atomic E-state index is 0.178. The van der Waals surface area contributed by atoms with Gasteiger partial charge in [-0.25, -0.2) is 0 Å². The predicted molar refractivity (Wildman–Crippen MR) is 89.8 cm³/mol. The highest BCUT2D eigenvalue weighted by Crippen LogP contribution is 2.25. The van der Waals surface area contributed by atoms with E-state index < -0.39 is 0 Å². The van der Waals surface area contributed by atoms with Gasteiger partial charge in [-0.3, -0.25) is 4.90 Å². The first-order chi connectivity index (χ1) is 10.0. The van der Waals surface area contributed by atoms with Crippen LogP contribution in [-0.2, 0) is 6.54 Å². The Kier molecular flexibility index (Phi) is 4.23. The third-order valence-electron chi connectivity index (χ3n) is 4.71. The largest absolute Gasteiger partial charge is 0.369 e. The quantitative estimate of drug-likeness (QED) is 0.922. The molecule has 2 saturated heterocycles. The SMILES string of the molecule is CC(C)(C)NCc1ccc(N2CCN3CCCC3C2)cc1. The molecule has 1 aromatic rings. The highest BCUT2D eigenvalue weighted by Gasteiger charge is 2.30. The summed E-state index contributed by atoms with van der Waals surface area (Å²) < 4.78 is 0. The maximum absolute atomic E-state index is 3.55. The lowest BCUT2D eigenvalue weighted by Gasteiger charge is -2.38. The number of fused-ring (bicyclic) bond motifs is 1. The average Bonchev–Trinajstić information content (AvgIpc) is 2.92. The van der Waals surface area contributed by atoms with Crippen molar-refractivity contribution in [2.24, 2.45) is 0 Å². The molecule has 0 spiro atoms. The molecule has 3 nitrogen and oxygen atoms in total. The van der Waals surface area contributed by atoms with E-state index in [1.165, 1.54) is 50.3 Å². The minimum Gasteiger partial charge on any atom is -0.369 e. The van der Waals surface area contributed by atoms with Gasteiger partial charge >= 0.3 is 0 Å². The number of nitrogens with one attached hydrogen (secondary N) is 1. The molecule has 2 aliphatic heterocycles. The van der Waals surface area contributed by atoms with Gasteiger partial charge in [0.1, 0.15) is 0 Å². The number of hydrogen-bond donors (Lipinski definition) is 1. The molecule has 1 unspecified atom stereocenters. The van der Waals surface area contributed by atoms with Gasteiger partial charge in [0.2, 0.25) is 0 Å². The monoisotopic (exact) mass is 287 g/mol. The molecule has 0 aromatic heterocycles. The fourth-order valence-electron chi connectivity index (χ4n) is 3.42. The van der Waals surface area contributed by atoms with Crippen LogP contribution in [0.15, 0.2) is 24.3 Å². The number of anilines is 1. The van der Waals surface area contributed by atoms with Crippen molar-refractivity contribution in [3.05, 3.63) is 29.8 Å². The molecule has 0 aliphatic carbocycles. The molecule has 0 radical (unpaired) electrons. The second kappa shape index (κ2) is 5.98. The first kappa shape index (κ1) is 14.9. The zero-order chi connectivity index (χ0) is 14.9. The van der Waals surface area contributed by atoms with Crippen LogP contribution in [0.25, 0.3) is 0 Å². The van der Waals surface area contributed by atoms with Crippen LogP contribution in [0, 0.1) is 0 Å². The normalized spacial score (nSPS) is 23.4. The van der Waals surface area contributed by atoms with Crippen molar-refractivity contribution in [1.29, 1.82) is 0 Å². The summed E-state index contributed by atoms with van der Waals surface area (Å²) in [4.78, 5) is 5.23. The van der Waals surface area contributed by atoms with Crippen LogP contribution in [0.3, 0.4) is 0 Å². The third kappa shape index (κ3) is 3.78. The Bertz CT molecular complexity index is 460. The van der Waals surface area contributed by atoms with Crippen molar-refractivity contribution in [2.45, 2.75) is 51.7 Å². The Morgan fingerprint density at radius 1 is 1.10 bits per heavy atom. The van der Waals surface area contributed by atoms with E-state index in [4.69, 9.17) is 0 Å². The van der Waals surface area contributed by atoms with Crippen LogP contribution < -0.4 is 10.2 Å². The van der Waals surface area contributed by atoms with Crippen LogP contribution in [0.1, 0.15) is 39.2 Å². The Hall–Kier alpha value is -1.06. The molecule has 2 fully saturated rings. The van der Waals surface area contributed by atoms with E-state index in [0.29, 0.717) is 0 Å². The predicted octanol–water partition coefficient (Wildman–Crippen LogP) is 2.86. The molecule has 1 aromatic carbocycles. The second-order valence-corrected chi connectivity index (χ2v) is 7.55. The lowest BCUT2D eigenvalue weighted by molar-refractivity contribution is 0.231. The van der Waals surface area contributed by atoms with Gasteiger partial charge in [-0.1, -0.05) is 12.1 Å². The van der Waals surface area contributed by atoms with Crippen molar-refractivity contribution < 1.29 is 0 Å². The van der Waals surface area contributed by atoms with Crippen LogP contribution in [0.2, 0.25) is 0 Å². The molecule has 116 valence electrons. The number of hydrogen-bond acceptors (Lipinski definition) is 3. The highest BCUT2D eigenvalue weighted by atomic mass is 15.3. The van der Waals surface area contributed by atoms with E-state index in [-0.39, 0.29) is 5.54 Å². The van der Waals surface area contributed by atoms with Gasteiger partial charge in [0.15, 0.2) is 0 Å². The van der Waals surface area contributed by atoms with Gasteiger partial charge in [-0.2, -0.15) is 0 Å². The molecule has 2 heterocycles. The number of rotatable bonds is 3. The second-order valence-electron chi connectivity index (χ2n) is 7.55. The Labute approximate surface area is 129 Å². The van der Waals surface area contributed by atoms with E-state index in [0.717, 1.165) is 12.6 Å². The summed E-state index contributed by atoms with van der Waals surface area (Å²) in [6.45, 7) is 12.5. The first-order valence-electron chi connectivity index (χ1n) is 8.34. The van der Waals surface area contributed by atoms with E-state index >= 15 is 0 Å². The molecule has 21 heavy (non-hydrogen) atoms. The Morgan fingerprint density at radius 2 is 1.86 bits per heavy atom. The molecule has 2 aliphatic rings. The molecule has 0 saturated carbocycles. The molecule has 3 rings (SSSR count). The maximum atomic E-state index is 3.55. The van der Waals surface area contributed by atoms with Gasteiger partial charge in [0, 0.05) is 43.4 Å². The van der Waals surface area contributed by atoms with E-state index in [1.807, 2.05) is 0 Å². The standard InChI is InChI=1S/C18H29N3/c1-18(2,3)19-13-15-6-8-16(9-7-15)21-12-11-20-10-4-5-17(20)14-21/h6-9,17,19H,4-5,10-14H2,1-3H3. The van der Waals surface area contributed by atoms with Crippen LogP contribution in [-0.4, -0.2) is 42.7 Å². The molecular weight excluding hydrogens is 258 g/mol. The van der Waals surface area contributed by atoms with Gasteiger partial charge in [-0.15, -0.1) is 0 Å². The van der Waals surface area contributed by atoms with Gasteiger partial charge < -0.3 is 10.2 Å². The minimum absolute atomic E-state index is 0.178. The molecule has 1 atom stereocenters. The lowest BCUT2D eigenvalue weighted by Crippen LogP contribution is -2.50. The van der Waals surface area contributed by atoms with Gasteiger partial charge in [0.05, 0.1) is 0 Å². The Balaban J connectivity index is 1.59. The molecule has 1 N–H and O–H groups in total.